The molecule has 0 amide bonds. The number of fused-ring (bicyclic) bond motifs is 1. The van der Waals surface area contributed by atoms with Crippen LogP contribution in [0.25, 0.3) is 0 Å². The molecule has 0 saturated heterocycles. The van der Waals surface area contributed by atoms with E-state index in [1.807, 2.05) is 0 Å². The summed E-state index contributed by atoms with van der Waals surface area (Å²) in [7, 11) is 2.14. The summed E-state index contributed by atoms with van der Waals surface area (Å²) in [6.07, 6.45) is 5.70. The lowest BCUT2D eigenvalue weighted by atomic mass is 10.00. The highest BCUT2D eigenvalue weighted by atomic mass is 32.1. The van der Waals surface area contributed by atoms with E-state index in [0.29, 0.717) is 4.77 Å². The molecule has 3 rings (SSSR count). The first kappa shape index (κ1) is 12.1. The summed E-state index contributed by atoms with van der Waals surface area (Å²) in [6, 6.07) is 6.43. The normalized spacial score (nSPS) is 14.9. The minimum absolute atomic E-state index is 0.494. The Labute approximate surface area is 116 Å². The molecule has 2 heterocycles. The van der Waals surface area contributed by atoms with Gasteiger partial charge in [-0.2, -0.15) is 14.9 Å². The van der Waals surface area contributed by atoms with E-state index >= 15 is 0 Å². The highest BCUT2D eigenvalue weighted by Gasteiger charge is 2.12. The summed E-state index contributed by atoms with van der Waals surface area (Å²) in [4.78, 5) is 2.30. The maximum atomic E-state index is 5.04. The van der Waals surface area contributed by atoms with Crippen molar-refractivity contribution in [3.05, 3.63) is 40.4 Å². The Balaban J connectivity index is 1.89. The number of aromatic nitrogens is 3. The second-order valence-corrected chi connectivity index (χ2v) is 5.05. The van der Waals surface area contributed by atoms with E-state index in [0.717, 1.165) is 18.5 Å². The van der Waals surface area contributed by atoms with Gasteiger partial charge in [-0.05, 0) is 48.3 Å². The number of anilines is 1. The molecule has 1 N–H and O–H groups in total. The Morgan fingerprint density at radius 3 is 3.16 bits per heavy atom. The lowest BCUT2D eigenvalue weighted by Gasteiger charge is -2.27. The maximum Gasteiger partial charge on any atom is 0.216 e. The van der Waals surface area contributed by atoms with Crippen LogP contribution in [-0.4, -0.2) is 34.7 Å². The predicted molar refractivity (Wildman–Crippen MR) is 78.4 cm³/mol. The molecule has 0 fully saturated rings. The van der Waals surface area contributed by atoms with Crippen molar-refractivity contribution in [2.75, 3.05) is 18.5 Å². The fraction of sp³-hybridized carbons (Fsp3) is 0.308. The van der Waals surface area contributed by atoms with Gasteiger partial charge in [0.05, 0.1) is 6.21 Å². The average Bonchev–Trinajstić information content (AvgIpc) is 2.82. The van der Waals surface area contributed by atoms with Gasteiger partial charge in [0.25, 0.3) is 0 Å². The molecule has 19 heavy (non-hydrogen) atoms. The van der Waals surface area contributed by atoms with Crippen molar-refractivity contribution in [2.24, 2.45) is 5.10 Å². The van der Waals surface area contributed by atoms with E-state index in [9.17, 15) is 0 Å². The Hall–Kier alpha value is -1.95. The third-order valence-corrected chi connectivity index (χ3v) is 3.60. The topological polar surface area (TPSA) is 49.2 Å². The molecule has 6 heteroatoms. The number of hydrogen-bond donors (Lipinski definition) is 1. The van der Waals surface area contributed by atoms with Crippen molar-refractivity contribution in [1.29, 1.82) is 0 Å². The van der Waals surface area contributed by atoms with Gasteiger partial charge in [0.15, 0.2) is 0 Å². The summed E-state index contributed by atoms with van der Waals surface area (Å²) in [6.45, 7) is 1.13. The molecule has 0 unspecified atom stereocenters. The van der Waals surface area contributed by atoms with Crippen molar-refractivity contribution in [2.45, 2.75) is 12.8 Å². The first-order chi connectivity index (χ1) is 9.24. The van der Waals surface area contributed by atoms with E-state index in [4.69, 9.17) is 12.2 Å². The molecule has 1 aliphatic rings. The van der Waals surface area contributed by atoms with Crippen LogP contribution in [-0.2, 0) is 6.42 Å². The number of rotatable bonds is 2. The first-order valence-electron chi connectivity index (χ1n) is 6.24. The first-order valence-corrected chi connectivity index (χ1v) is 6.65. The van der Waals surface area contributed by atoms with Crippen LogP contribution < -0.4 is 4.90 Å². The largest absolute Gasteiger partial charge is 0.374 e. The maximum absolute atomic E-state index is 5.04. The standard InChI is InChI=1S/C13H15N5S/c1-17-6-2-3-11-7-10(4-5-12(11)17)8-15-18-9-14-16-13(18)19/h4-5,7-9H,2-3,6H2,1H3,(H,16,19)/b15-8+. The van der Waals surface area contributed by atoms with Crippen LogP contribution in [0.1, 0.15) is 17.5 Å². The lowest BCUT2D eigenvalue weighted by molar-refractivity contribution is 0.744. The smallest absolute Gasteiger partial charge is 0.216 e. The number of benzene rings is 1. The predicted octanol–water partition coefficient (Wildman–Crippen LogP) is 2.21. The summed E-state index contributed by atoms with van der Waals surface area (Å²) in [5.74, 6) is 0. The van der Waals surface area contributed by atoms with Crippen LogP contribution in [0.5, 0.6) is 0 Å². The molecule has 0 atom stereocenters. The molecule has 1 aromatic heterocycles. The Morgan fingerprint density at radius 2 is 2.37 bits per heavy atom. The third kappa shape index (κ3) is 2.44. The van der Waals surface area contributed by atoms with Gasteiger partial charge in [-0.15, -0.1) is 0 Å². The van der Waals surface area contributed by atoms with Gasteiger partial charge in [-0.25, -0.2) is 0 Å². The van der Waals surface area contributed by atoms with E-state index in [2.05, 4.69) is 45.4 Å². The lowest BCUT2D eigenvalue weighted by Crippen LogP contribution is -2.24. The number of nitrogens with one attached hydrogen (secondary N) is 1. The van der Waals surface area contributed by atoms with Gasteiger partial charge in [0.1, 0.15) is 6.33 Å². The summed E-state index contributed by atoms with van der Waals surface area (Å²) in [5.41, 5.74) is 3.79. The van der Waals surface area contributed by atoms with Crippen LogP contribution in [0.3, 0.4) is 0 Å². The number of nitrogens with zero attached hydrogens (tertiary/aromatic N) is 4. The second kappa shape index (κ2) is 4.97. The fourth-order valence-electron chi connectivity index (χ4n) is 2.34. The summed E-state index contributed by atoms with van der Waals surface area (Å²) in [5, 5.41) is 10.8. The fourth-order valence-corrected chi connectivity index (χ4v) is 2.49. The number of H-pyrrole nitrogens is 1. The van der Waals surface area contributed by atoms with Gasteiger partial charge in [0, 0.05) is 19.3 Å². The molecule has 2 aromatic rings. The van der Waals surface area contributed by atoms with Gasteiger partial charge in [-0.1, -0.05) is 6.07 Å². The van der Waals surface area contributed by atoms with Gasteiger partial charge in [-0.3, -0.25) is 5.10 Å². The molecule has 1 aromatic carbocycles. The summed E-state index contributed by atoms with van der Waals surface area (Å²) < 4.78 is 2.04. The van der Waals surface area contributed by atoms with E-state index < -0.39 is 0 Å². The Kier molecular flexibility index (Phi) is 3.16. The van der Waals surface area contributed by atoms with Gasteiger partial charge in [0.2, 0.25) is 4.77 Å². The molecular formula is C13H15N5S. The molecule has 98 valence electrons. The molecule has 0 radical (unpaired) electrons. The van der Waals surface area contributed by atoms with Crippen molar-refractivity contribution >= 4 is 24.1 Å². The van der Waals surface area contributed by atoms with E-state index in [1.165, 1.54) is 17.7 Å². The van der Waals surface area contributed by atoms with Crippen LogP contribution in [0, 0.1) is 4.77 Å². The zero-order valence-electron chi connectivity index (χ0n) is 10.7. The highest BCUT2D eigenvalue weighted by Crippen LogP contribution is 2.26. The van der Waals surface area contributed by atoms with Crippen molar-refractivity contribution in [3.8, 4) is 0 Å². The molecule has 0 saturated carbocycles. The second-order valence-electron chi connectivity index (χ2n) is 4.66. The molecule has 5 nitrogen and oxygen atoms in total. The average molecular weight is 273 g/mol. The van der Waals surface area contributed by atoms with Gasteiger partial charge < -0.3 is 4.90 Å². The third-order valence-electron chi connectivity index (χ3n) is 3.32. The molecule has 0 bridgehead atoms. The van der Waals surface area contributed by atoms with Crippen LogP contribution in [0.4, 0.5) is 5.69 Å². The number of hydrogen-bond acceptors (Lipinski definition) is 4. The highest BCUT2D eigenvalue weighted by molar-refractivity contribution is 7.71. The van der Waals surface area contributed by atoms with E-state index in [1.54, 1.807) is 17.2 Å². The molecule has 0 aliphatic carbocycles. The minimum atomic E-state index is 0.494. The number of aromatic amines is 1. The molecular weight excluding hydrogens is 258 g/mol. The van der Waals surface area contributed by atoms with Crippen LogP contribution in [0.2, 0.25) is 0 Å². The van der Waals surface area contributed by atoms with Crippen molar-refractivity contribution in [1.82, 2.24) is 14.9 Å². The zero-order valence-corrected chi connectivity index (χ0v) is 11.5. The van der Waals surface area contributed by atoms with E-state index in [-0.39, 0.29) is 0 Å². The van der Waals surface area contributed by atoms with Crippen LogP contribution >= 0.6 is 12.2 Å². The Bertz CT molecular complexity index is 670. The summed E-state index contributed by atoms with van der Waals surface area (Å²) >= 11 is 5.04. The van der Waals surface area contributed by atoms with Crippen molar-refractivity contribution < 1.29 is 0 Å². The monoisotopic (exact) mass is 273 g/mol. The quantitative estimate of drug-likeness (QED) is 0.674. The zero-order chi connectivity index (χ0) is 13.2. The number of aryl methyl sites for hydroxylation is 1. The molecule has 0 spiro atoms. The Morgan fingerprint density at radius 1 is 1.47 bits per heavy atom. The van der Waals surface area contributed by atoms with Gasteiger partial charge >= 0.3 is 0 Å². The minimum Gasteiger partial charge on any atom is -0.374 e. The van der Waals surface area contributed by atoms with Crippen molar-refractivity contribution in [3.63, 3.8) is 0 Å². The van der Waals surface area contributed by atoms with Crippen LogP contribution in [0.15, 0.2) is 29.6 Å². The SMILES string of the molecule is CN1CCCc2cc(/C=N/n3cn[nH]c3=S)ccc21. The molecule has 1 aliphatic heterocycles.